The van der Waals surface area contributed by atoms with E-state index in [9.17, 15) is 4.79 Å². The number of carbonyl (C=O) groups is 1. The van der Waals surface area contributed by atoms with E-state index in [1.165, 1.54) is 10.5 Å². The van der Waals surface area contributed by atoms with Crippen molar-refractivity contribution in [3.05, 3.63) is 47.5 Å². The van der Waals surface area contributed by atoms with E-state index in [-0.39, 0.29) is 11.9 Å². The molecule has 1 aliphatic carbocycles. The minimum absolute atomic E-state index is 0.152. The third kappa shape index (κ3) is 3.08. The zero-order valence-corrected chi connectivity index (χ0v) is 14.6. The number of thioether (sulfide) groups is 1. The Bertz CT molecular complexity index is 723. The quantitative estimate of drug-likeness (QED) is 0.820. The smallest absolute Gasteiger partial charge is 0.246 e. The van der Waals surface area contributed by atoms with Crippen molar-refractivity contribution >= 4 is 17.7 Å². The van der Waals surface area contributed by atoms with E-state index < -0.39 is 0 Å². The van der Waals surface area contributed by atoms with Crippen LogP contribution in [0.3, 0.4) is 0 Å². The van der Waals surface area contributed by atoms with Gasteiger partial charge in [0.15, 0.2) is 0 Å². The van der Waals surface area contributed by atoms with E-state index in [2.05, 4.69) is 45.8 Å². The molecule has 2 N–H and O–H groups in total. The number of carbonyl (C=O) groups excluding carboxylic acids is 1. The second-order valence-electron chi connectivity index (χ2n) is 6.45. The Hall–Kier alpha value is -1.79. The van der Waals surface area contributed by atoms with Crippen LogP contribution in [0.2, 0.25) is 0 Å². The van der Waals surface area contributed by atoms with Crippen LogP contribution >= 0.6 is 11.8 Å². The summed E-state index contributed by atoms with van der Waals surface area (Å²) in [6.45, 7) is 1.49. The van der Waals surface area contributed by atoms with E-state index in [1.807, 2.05) is 4.90 Å². The third-order valence-electron chi connectivity index (χ3n) is 4.78. The van der Waals surface area contributed by atoms with Crippen LogP contribution in [0.5, 0.6) is 0 Å². The van der Waals surface area contributed by atoms with Crippen LogP contribution in [0.25, 0.3) is 0 Å². The number of fused-ring (bicyclic) bond motifs is 1. The molecule has 5 nitrogen and oxygen atoms in total. The minimum atomic E-state index is -0.314. The lowest BCUT2D eigenvalue weighted by molar-refractivity contribution is -0.135. The highest BCUT2D eigenvalue weighted by molar-refractivity contribution is 7.98. The maximum absolute atomic E-state index is 13.2. The Kier molecular flexibility index (Phi) is 4.33. The first-order chi connectivity index (χ1) is 11.8. The van der Waals surface area contributed by atoms with Gasteiger partial charge in [-0.2, -0.15) is 0 Å². The zero-order chi connectivity index (χ0) is 16.5. The summed E-state index contributed by atoms with van der Waals surface area (Å²) < 4.78 is 0. The number of nitrogens with one attached hydrogen (secondary N) is 2. The first-order valence-corrected chi connectivity index (χ1v) is 9.67. The standard InChI is InChI=1S/C18H22N4OS/c1-24-14-6-2-12(3-7-14)10-22(13-4-5-13)18(23)17-16-15(8-9-19-17)20-11-21-16/h2-3,6-7,11,13,17,19H,4-5,8-10H2,1H3,(H,20,21). The number of aromatic amines is 1. The Morgan fingerprint density at radius 3 is 2.83 bits per heavy atom. The van der Waals surface area contributed by atoms with Crippen LogP contribution < -0.4 is 5.32 Å². The summed E-state index contributed by atoms with van der Waals surface area (Å²) in [4.78, 5) is 24.0. The molecular weight excluding hydrogens is 320 g/mol. The van der Waals surface area contributed by atoms with Gasteiger partial charge >= 0.3 is 0 Å². The van der Waals surface area contributed by atoms with E-state index in [4.69, 9.17) is 0 Å². The maximum atomic E-state index is 13.2. The van der Waals surface area contributed by atoms with Crippen molar-refractivity contribution in [3.63, 3.8) is 0 Å². The molecule has 0 spiro atoms. The molecule has 4 rings (SSSR count). The highest BCUT2D eigenvalue weighted by Gasteiger charge is 2.38. The molecule has 1 amide bonds. The van der Waals surface area contributed by atoms with Gasteiger partial charge in [-0.1, -0.05) is 12.1 Å². The summed E-state index contributed by atoms with van der Waals surface area (Å²) in [5.41, 5.74) is 3.15. The summed E-state index contributed by atoms with van der Waals surface area (Å²) in [7, 11) is 0. The van der Waals surface area contributed by atoms with Crippen molar-refractivity contribution in [1.29, 1.82) is 0 Å². The molecule has 126 valence electrons. The number of H-pyrrole nitrogens is 1. The van der Waals surface area contributed by atoms with Gasteiger partial charge in [-0.3, -0.25) is 4.79 Å². The van der Waals surface area contributed by atoms with Crippen LogP contribution in [0.15, 0.2) is 35.5 Å². The lowest BCUT2D eigenvalue weighted by Crippen LogP contribution is -2.44. The van der Waals surface area contributed by atoms with Crippen LogP contribution in [0.1, 0.15) is 35.8 Å². The SMILES string of the molecule is CSc1ccc(CN(C(=O)C2NCCc3[nH]cnc32)C2CC2)cc1. The Labute approximate surface area is 146 Å². The first-order valence-electron chi connectivity index (χ1n) is 8.45. The summed E-state index contributed by atoms with van der Waals surface area (Å²) in [6.07, 6.45) is 6.88. The number of aromatic nitrogens is 2. The third-order valence-corrected chi connectivity index (χ3v) is 5.52. The summed E-state index contributed by atoms with van der Waals surface area (Å²) >= 11 is 1.74. The predicted molar refractivity (Wildman–Crippen MR) is 94.8 cm³/mol. The maximum Gasteiger partial charge on any atom is 0.246 e. The molecule has 0 saturated heterocycles. The average molecular weight is 342 g/mol. The molecule has 1 aromatic carbocycles. The predicted octanol–water partition coefficient (Wildman–Crippen LogP) is 2.51. The zero-order valence-electron chi connectivity index (χ0n) is 13.8. The van der Waals surface area contributed by atoms with Crippen molar-refractivity contribution in [3.8, 4) is 0 Å². The number of rotatable bonds is 5. The van der Waals surface area contributed by atoms with Gasteiger partial charge in [0.05, 0.1) is 12.0 Å². The van der Waals surface area contributed by atoms with E-state index in [0.29, 0.717) is 12.6 Å². The fraction of sp³-hybridized carbons (Fsp3) is 0.444. The molecule has 1 aliphatic heterocycles. The van der Waals surface area contributed by atoms with Gasteiger partial charge in [0.2, 0.25) is 5.91 Å². The fourth-order valence-corrected chi connectivity index (χ4v) is 3.70. The highest BCUT2D eigenvalue weighted by Crippen LogP contribution is 2.32. The number of amides is 1. The van der Waals surface area contributed by atoms with Crippen LogP contribution in [-0.2, 0) is 17.8 Å². The van der Waals surface area contributed by atoms with E-state index in [1.54, 1.807) is 18.1 Å². The molecule has 24 heavy (non-hydrogen) atoms. The summed E-state index contributed by atoms with van der Waals surface area (Å²) in [5, 5.41) is 3.35. The number of benzene rings is 1. The van der Waals surface area contributed by atoms with Crippen LogP contribution in [0, 0.1) is 0 Å². The Morgan fingerprint density at radius 2 is 2.12 bits per heavy atom. The average Bonchev–Trinajstić information content (AvgIpc) is 3.35. The number of hydrogen-bond donors (Lipinski definition) is 2. The normalized spacial score (nSPS) is 19.8. The second-order valence-corrected chi connectivity index (χ2v) is 7.33. The van der Waals surface area contributed by atoms with Crippen molar-refractivity contribution < 1.29 is 4.79 Å². The number of nitrogens with zero attached hydrogens (tertiary/aromatic N) is 2. The molecule has 1 atom stereocenters. The molecule has 2 heterocycles. The first kappa shape index (κ1) is 15.7. The molecular formula is C18H22N4OS. The molecule has 1 saturated carbocycles. The van der Waals surface area contributed by atoms with Crippen molar-refractivity contribution in [2.75, 3.05) is 12.8 Å². The van der Waals surface area contributed by atoms with Gasteiger partial charge < -0.3 is 15.2 Å². The lowest BCUT2D eigenvalue weighted by atomic mass is 10.0. The number of imidazole rings is 1. The molecule has 2 aliphatic rings. The molecule has 1 fully saturated rings. The molecule has 1 unspecified atom stereocenters. The van der Waals surface area contributed by atoms with Crippen molar-refractivity contribution in [1.82, 2.24) is 20.2 Å². The minimum Gasteiger partial charge on any atom is -0.348 e. The van der Waals surface area contributed by atoms with Gasteiger partial charge in [-0.15, -0.1) is 11.8 Å². The van der Waals surface area contributed by atoms with Crippen molar-refractivity contribution in [2.45, 2.75) is 42.8 Å². The van der Waals surface area contributed by atoms with E-state index >= 15 is 0 Å². The van der Waals surface area contributed by atoms with Crippen LogP contribution in [-0.4, -0.2) is 39.6 Å². The highest BCUT2D eigenvalue weighted by atomic mass is 32.2. The summed E-state index contributed by atoms with van der Waals surface area (Å²) in [5.74, 6) is 0.152. The Balaban J connectivity index is 1.54. The Morgan fingerprint density at radius 1 is 1.33 bits per heavy atom. The molecule has 6 heteroatoms. The van der Waals surface area contributed by atoms with Crippen LogP contribution in [0.4, 0.5) is 0 Å². The van der Waals surface area contributed by atoms with Gasteiger partial charge in [0.1, 0.15) is 6.04 Å². The van der Waals surface area contributed by atoms with E-state index in [0.717, 1.165) is 37.2 Å². The molecule has 0 radical (unpaired) electrons. The monoisotopic (exact) mass is 342 g/mol. The molecule has 0 bridgehead atoms. The largest absolute Gasteiger partial charge is 0.348 e. The topological polar surface area (TPSA) is 61.0 Å². The number of hydrogen-bond acceptors (Lipinski definition) is 4. The van der Waals surface area contributed by atoms with Gasteiger partial charge in [-0.25, -0.2) is 4.98 Å². The van der Waals surface area contributed by atoms with Gasteiger partial charge in [0.25, 0.3) is 0 Å². The molecule has 2 aromatic rings. The molecule has 1 aromatic heterocycles. The lowest BCUT2D eigenvalue weighted by Gasteiger charge is -2.30. The van der Waals surface area contributed by atoms with Gasteiger partial charge in [-0.05, 0) is 36.8 Å². The second kappa shape index (κ2) is 6.61. The van der Waals surface area contributed by atoms with Gasteiger partial charge in [0, 0.05) is 36.1 Å². The summed E-state index contributed by atoms with van der Waals surface area (Å²) in [6, 6.07) is 8.57. The van der Waals surface area contributed by atoms with Crippen molar-refractivity contribution in [2.24, 2.45) is 0 Å². The fourth-order valence-electron chi connectivity index (χ4n) is 3.29.